The van der Waals surface area contributed by atoms with E-state index in [9.17, 15) is 9.00 Å². The summed E-state index contributed by atoms with van der Waals surface area (Å²) in [7, 11) is 0.568. The third-order valence-electron chi connectivity index (χ3n) is 7.27. The van der Waals surface area contributed by atoms with Gasteiger partial charge in [-0.15, -0.1) is 0 Å². The number of hydrogen-bond donors (Lipinski definition) is 1. The first-order valence-corrected chi connectivity index (χ1v) is 13.8. The Morgan fingerprint density at radius 3 is 2.86 bits per heavy atom. The molecule has 4 unspecified atom stereocenters. The van der Waals surface area contributed by atoms with E-state index in [0.29, 0.717) is 22.4 Å². The Morgan fingerprint density at radius 2 is 2.14 bits per heavy atom. The number of amides is 1. The molecule has 1 fully saturated rings. The van der Waals surface area contributed by atoms with Gasteiger partial charge in [0.25, 0.3) is 0 Å². The second-order valence-electron chi connectivity index (χ2n) is 9.56. The predicted molar refractivity (Wildman–Crippen MR) is 139 cm³/mol. The summed E-state index contributed by atoms with van der Waals surface area (Å²) in [5, 5.41) is 0.567. The fourth-order valence-electron chi connectivity index (χ4n) is 5.04. The van der Waals surface area contributed by atoms with Crippen molar-refractivity contribution >= 4 is 34.2 Å². The Bertz CT molecular complexity index is 1260. The molecular formula is C27H31ClN4O2S. The number of carbonyl (C=O) groups is 1. The molecule has 0 saturated heterocycles. The van der Waals surface area contributed by atoms with E-state index in [2.05, 4.69) is 34.8 Å². The first kappa shape index (κ1) is 24.2. The zero-order valence-electron chi connectivity index (χ0n) is 20.1. The molecule has 0 bridgehead atoms. The third-order valence-corrected chi connectivity index (χ3v) is 8.68. The van der Waals surface area contributed by atoms with Gasteiger partial charge in [0.05, 0.1) is 11.4 Å². The van der Waals surface area contributed by atoms with Gasteiger partial charge in [-0.25, -0.2) is 13.9 Å². The van der Waals surface area contributed by atoms with Gasteiger partial charge in [0.1, 0.15) is 16.8 Å². The summed E-state index contributed by atoms with van der Waals surface area (Å²) < 4.78 is 18.4. The number of rotatable bonds is 8. The zero-order chi connectivity index (χ0) is 24.5. The largest absolute Gasteiger partial charge is 0.337 e. The van der Waals surface area contributed by atoms with Crippen molar-refractivity contribution < 1.29 is 9.00 Å². The average molecular weight is 511 g/mol. The van der Waals surface area contributed by atoms with Crippen LogP contribution in [-0.4, -0.2) is 19.7 Å². The van der Waals surface area contributed by atoms with E-state index in [1.807, 2.05) is 34.8 Å². The molecule has 6 nitrogen and oxygen atoms in total. The predicted octanol–water partition coefficient (Wildman–Crippen LogP) is 5.34. The van der Waals surface area contributed by atoms with Crippen molar-refractivity contribution in [1.82, 2.24) is 14.3 Å². The van der Waals surface area contributed by atoms with Crippen LogP contribution in [0.2, 0.25) is 5.02 Å². The number of halogens is 1. The van der Waals surface area contributed by atoms with Crippen LogP contribution in [0.5, 0.6) is 0 Å². The van der Waals surface area contributed by atoms with Crippen molar-refractivity contribution in [2.24, 2.45) is 18.9 Å². The smallest absolute Gasteiger partial charge is 0.230 e. The number of aromatic nitrogens is 2. The second-order valence-corrected chi connectivity index (χ2v) is 11.2. The Morgan fingerprint density at radius 1 is 1.29 bits per heavy atom. The lowest BCUT2D eigenvalue weighted by molar-refractivity contribution is -0.120. The van der Waals surface area contributed by atoms with Gasteiger partial charge in [-0.1, -0.05) is 37.1 Å². The molecule has 1 amide bonds. The van der Waals surface area contributed by atoms with Gasteiger partial charge in [-0.2, -0.15) is 0 Å². The van der Waals surface area contributed by atoms with Crippen molar-refractivity contribution in [3.8, 4) is 0 Å². The Labute approximate surface area is 214 Å². The van der Waals surface area contributed by atoms with Crippen LogP contribution in [0, 0.1) is 11.8 Å². The van der Waals surface area contributed by atoms with Crippen LogP contribution < -0.4 is 9.62 Å². The van der Waals surface area contributed by atoms with Gasteiger partial charge >= 0.3 is 0 Å². The topological polar surface area (TPSA) is 67.2 Å². The summed E-state index contributed by atoms with van der Waals surface area (Å²) in [4.78, 5) is 20.6. The highest BCUT2D eigenvalue weighted by Crippen LogP contribution is 2.43. The molecule has 4 atom stereocenters. The molecule has 0 aliphatic heterocycles. The van der Waals surface area contributed by atoms with Gasteiger partial charge in [-0.05, 0) is 73.1 Å². The molecule has 184 valence electrons. The Hall–Kier alpha value is -2.48. The van der Waals surface area contributed by atoms with Crippen molar-refractivity contribution in [3.05, 3.63) is 76.8 Å². The Kier molecular flexibility index (Phi) is 7.09. The highest BCUT2D eigenvalue weighted by molar-refractivity contribution is 7.83. The van der Waals surface area contributed by atoms with Gasteiger partial charge in [-0.3, -0.25) is 4.79 Å². The Balaban J connectivity index is 1.44. The fourth-order valence-corrected chi connectivity index (χ4v) is 6.37. The minimum Gasteiger partial charge on any atom is -0.337 e. The van der Waals surface area contributed by atoms with Crippen molar-refractivity contribution in [1.29, 1.82) is 0 Å². The molecule has 1 aromatic heterocycles. The van der Waals surface area contributed by atoms with Crippen LogP contribution >= 0.6 is 11.6 Å². The standard InChI is InChI=1S/C27H31ClN4O2S/c1-3-18-14-24(18)27(33)32(17-26-29-12-13-31(26)2)21-11-10-19-6-4-9-25(23(19)16-21)30-35(34)22-8-5-7-20(28)15-22/h5,7-8,10-13,15-16,18,24-25,30H,3-4,6,9,14,17H2,1-2H3. The number of anilines is 1. The molecule has 3 aromatic rings. The molecule has 2 aromatic carbocycles. The van der Waals surface area contributed by atoms with E-state index in [1.54, 1.807) is 18.3 Å². The van der Waals surface area contributed by atoms with Crippen LogP contribution in [0.4, 0.5) is 5.69 Å². The SMILES string of the molecule is CCC1CC1C(=O)N(Cc1nccn1C)c1ccc2c(c1)C(NS(=O)c1cccc(Cl)c1)CCC2. The molecule has 1 saturated carbocycles. The molecule has 0 radical (unpaired) electrons. The maximum absolute atomic E-state index is 13.6. The van der Waals surface area contributed by atoms with Crippen LogP contribution in [-0.2, 0) is 35.8 Å². The van der Waals surface area contributed by atoms with Crippen LogP contribution in [0.3, 0.4) is 0 Å². The molecular weight excluding hydrogens is 480 g/mol. The summed E-state index contributed by atoms with van der Waals surface area (Å²) >= 11 is 6.11. The van der Waals surface area contributed by atoms with Crippen molar-refractivity contribution in [2.75, 3.05) is 4.90 Å². The number of aryl methyl sites for hydroxylation is 2. The lowest BCUT2D eigenvalue weighted by atomic mass is 9.87. The number of carbonyl (C=O) groups excluding carboxylic acids is 1. The minimum absolute atomic E-state index is 0.0621. The first-order chi connectivity index (χ1) is 16.9. The maximum atomic E-state index is 13.6. The fraction of sp³-hybridized carbons (Fsp3) is 0.407. The summed E-state index contributed by atoms with van der Waals surface area (Å²) in [6.45, 7) is 2.58. The normalized spacial score (nSPS) is 21.9. The van der Waals surface area contributed by atoms with Gasteiger partial charge in [0.15, 0.2) is 0 Å². The third kappa shape index (κ3) is 5.22. The molecule has 1 N–H and O–H groups in total. The van der Waals surface area contributed by atoms with Crippen molar-refractivity contribution in [3.63, 3.8) is 0 Å². The quantitative estimate of drug-likeness (QED) is 0.444. The van der Waals surface area contributed by atoms with Gasteiger partial charge < -0.3 is 9.47 Å². The number of nitrogens with zero attached hydrogens (tertiary/aromatic N) is 3. The molecule has 0 spiro atoms. The highest BCUT2D eigenvalue weighted by atomic mass is 35.5. The second kappa shape index (κ2) is 10.2. The molecule has 1 heterocycles. The zero-order valence-corrected chi connectivity index (χ0v) is 21.7. The summed E-state index contributed by atoms with van der Waals surface area (Å²) in [5.41, 5.74) is 3.23. The summed E-state index contributed by atoms with van der Waals surface area (Å²) in [6, 6.07) is 13.4. The van der Waals surface area contributed by atoms with Crippen molar-refractivity contribution in [2.45, 2.75) is 56.5 Å². The number of hydrogen-bond acceptors (Lipinski definition) is 3. The lowest BCUT2D eigenvalue weighted by Crippen LogP contribution is -2.34. The summed E-state index contributed by atoms with van der Waals surface area (Å²) in [6.07, 6.45) is 8.54. The van der Waals surface area contributed by atoms with Crippen LogP contribution in [0.25, 0.3) is 0 Å². The van der Waals surface area contributed by atoms with E-state index in [-0.39, 0.29) is 17.9 Å². The molecule has 2 aliphatic rings. The molecule has 8 heteroatoms. The summed E-state index contributed by atoms with van der Waals surface area (Å²) in [5.74, 6) is 1.57. The molecule has 35 heavy (non-hydrogen) atoms. The van der Waals surface area contributed by atoms with Gasteiger partial charge in [0.2, 0.25) is 5.91 Å². The van der Waals surface area contributed by atoms with E-state index < -0.39 is 11.0 Å². The van der Waals surface area contributed by atoms with E-state index in [4.69, 9.17) is 11.6 Å². The van der Waals surface area contributed by atoms with E-state index in [0.717, 1.165) is 49.2 Å². The number of benzene rings is 2. The molecule has 2 aliphatic carbocycles. The van der Waals surface area contributed by atoms with Crippen LogP contribution in [0.1, 0.15) is 55.6 Å². The molecule has 5 rings (SSSR count). The highest BCUT2D eigenvalue weighted by Gasteiger charge is 2.44. The minimum atomic E-state index is -1.39. The van der Waals surface area contributed by atoms with Crippen LogP contribution in [0.15, 0.2) is 59.8 Å². The number of fused-ring (bicyclic) bond motifs is 1. The van der Waals surface area contributed by atoms with Gasteiger partial charge in [0, 0.05) is 42.1 Å². The number of imidazole rings is 1. The van der Waals surface area contributed by atoms with E-state index >= 15 is 0 Å². The lowest BCUT2D eigenvalue weighted by Gasteiger charge is -2.29. The monoisotopic (exact) mass is 510 g/mol. The maximum Gasteiger partial charge on any atom is 0.230 e. The number of nitrogens with one attached hydrogen (secondary N) is 1. The average Bonchev–Trinajstić information content (AvgIpc) is 3.55. The van der Waals surface area contributed by atoms with E-state index in [1.165, 1.54) is 5.56 Å². The first-order valence-electron chi connectivity index (χ1n) is 12.3.